The van der Waals surface area contributed by atoms with Gasteiger partial charge >= 0.3 is 0 Å². The van der Waals surface area contributed by atoms with E-state index in [9.17, 15) is 4.79 Å². The van der Waals surface area contributed by atoms with Crippen LogP contribution in [0.25, 0.3) is 5.69 Å². The molecule has 5 nitrogen and oxygen atoms in total. The fraction of sp³-hybridized carbons (Fsp3) is 0.400. The summed E-state index contributed by atoms with van der Waals surface area (Å²) in [6, 6.07) is 7.42. The van der Waals surface area contributed by atoms with Crippen LogP contribution < -0.4 is 5.32 Å². The molecule has 0 fully saturated rings. The summed E-state index contributed by atoms with van der Waals surface area (Å²) in [5, 5.41) is 12.3. The Morgan fingerprint density at radius 3 is 2.91 bits per heavy atom. The van der Waals surface area contributed by atoms with Crippen LogP contribution in [0.15, 0.2) is 35.7 Å². The van der Waals surface area contributed by atoms with Crippen molar-refractivity contribution in [2.24, 2.45) is 0 Å². The standard InChI is InChI=1S/C15H19ClN4OS/c1-4-15(2,3)18-13(21)9-22-14-19-17-10-20(14)12-7-5-6-11(16)8-12/h5-8,10H,4,9H2,1-3H3,(H,18,21). The zero-order valence-electron chi connectivity index (χ0n) is 12.8. The number of aromatic nitrogens is 3. The van der Waals surface area contributed by atoms with Crippen LogP contribution in [0.3, 0.4) is 0 Å². The van der Waals surface area contributed by atoms with Crippen LogP contribution in [0, 0.1) is 0 Å². The molecule has 1 amide bonds. The third-order valence-corrected chi connectivity index (χ3v) is 4.48. The summed E-state index contributed by atoms with van der Waals surface area (Å²) in [5.41, 5.74) is 0.674. The zero-order valence-corrected chi connectivity index (χ0v) is 14.4. The van der Waals surface area contributed by atoms with E-state index in [4.69, 9.17) is 11.6 Å². The van der Waals surface area contributed by atoms with Gasteiger partial charge < -0.3 is 5.32 Å². The highest BCUT2D eigenvalue weighted by Gasteiger charge is 2.18. The van der Waals surface area contributed by atoms with Crippen LogP contribution in [-0.4, -0.2) is 32.0 Å². The maximum Gasteiger partial charge on any atom is 0.230 e. The van der Waals surface area contributed by atoms with E-state index in [0.29, 0.717) is 15.9 Å². The Labute approximate surface area is 139 Å². The van der Waals surface area contributed by atoms with Gasteiger partial charge in [0.25, 0.3) is 0 Å². The summed E-state index contributed by atoms with van der Waals surface area (Å²) in [6.45, 7) is 6.05. The lowest BCUT2D eigenvalue weighted by molar-refractivity contribution is -0.120. The van der Waals surface area contributed by atoms with Gasteiger partial charge in [-0.25, -0.2) is 0 Å². The maximum absolute atomic E-state index is 12.0. The van der Waals surface area contributed by atoms with Gasteiger partial charge in [0.15, 0.2) is 5.16 Å². The van der Waals surface area contributed by atoms with E-state index in [0.717, 1.165) is 12.1 Å². The first-order chi connectivity index (χ1) is 10.4. The average molecular weight is 339 g/mol. The van der Waals surface area contributed by atoms with Crippen molar-refractivity contribution in [1.82, 2.24) is 20.1 Å². The molecule has 0 bridgehead atoms. The van der Waals surface area contributed by atoms with E-state index < -0.39 is 0 Å². The van der Waals surface area contributed by atoms with Gasteiger partial charge in [-0.1, -0.05) is 36.4 Å². The van der Waals surface area contributed by atoms with E-state index in [-0.39, 0.29) is 11.4 Å². The molecule has 0 aliphatic carbocycles. The second-order valence-corrected chi connectivity index (χ2v) is 6.92. The summed E-state index contributed by atoms with van der Waals surface area (Å²) >= 11 is 7.35. The summed E-state index contributed by atoms with van der Waals surface area (Å²) in [7, 11) is 0. The number of carbonyl (C=O) groups excluding carboxylic acids is 1. The first kappa shape index (κ1) is 16.8. The summed E-state index contributed by atoms with van der Waals surface area (Å²) < 4.78 is 1.81. The fourth-order valence-corrected chi connectivity index (χ4v) is 2.67. The van der Waals surface area contributed by atoms with Crippen molar-refractivity contribution in [3.63, 3.8) is 0 Å². The molecular weight excluding hydrogens is 320 g/mol. The Kier molecular flexibility index (Phi) is 5.47. The number of nitrogens with one attached hydrogen (secondary N) is 1. The van der Waals surface area contributed by atoms with Crippen LogP contribution in [0.4, 0.5) is 0 Å². The second-order valence-electron chi connectivity index (χ2n) is 5.54. The molecular formula is C15H19ClN4OS. The molecule has 118 valence electrons. The number of hydrogen-bond donors (Lipinski definition) is 1. The van der Waals surface area contributed by atoms with E-state index in [2.05, 4.69) is 15.5 Å². The molecule has 0 spiro atoms. The fourth-order valence-electron chi connectivity index (χ4n) is 1.76. The molecule has 2 aromatic rings. The highest BCUT2D eigenvalue weighted by atomic mass is 35.5. The Morgan fingerprint density at radius 2 is 2.23 bits per heavy atom. The van der Waals surface area contributed by atoms with E-state index >= 15 is 0 Å². The van der Waals surface area contributed by atoms with Gasteiger partial charge in [-0.2, -0.15) is 0 Å². The van der Waals surface area contributed by atoms with Crippen molar-refractivity contribution in [1.29, 1.82) is 0 Å². The Balaban J connectivity index is 2.03. The molecule has 0 radical (unpaired) electrons. The zero-order chi connectivity index (χ0) is 16.2. The van der Waals surface area contributed by atoms with Crippen LogP contribution in [0.1, 0.15) is 27.2 Å². The first-order valence-corrected chi connectivity index (χ1v) is 8.37. The van der Waals surface area contributed by atoms with Gasteiger partial charge in [0, 0.05) is 10.6 Å². The number of thioether (sulfide) groups is 1. The summed E-state index contributed by atoms with van der Waals surface area (Å²) in [4.78, 5) is 12.0. The predicted molar refractivity (Wildman–Crippen MR) is 89.6 cm³/mol. The number of rotatable bonds is 6. The number of carbonyl (C=O) groups is 1. The van der Waals surface area contributed by atoms with Gasteiger partial charge in [0.1, 0.15) is 6.33 Å². The van der Waals surface area contributed by atoms with Crippen molar-refractivity contribution in [3.8, 4) is 5.69 Å². The summed E-state index contributed by atoms with van der Waals surface area (Å²) in [5.74, 6) is 0.278. The van der Waals surface area contributed by atoms with Crippen LogP contribution >= 0.6 is 23.4 Å². The maximum atomic E-state index is 12.0. The minimum absolute atomic E-state index is 0.0162. The number of benzene rings is 1. The van der Waals surface area contributed by atoms with Gasteiger partial charge in [0.05, 0.1) is 11.4 Å². The molecule has 0 aliphatic heterocycles. The van der Waals surface area contributed by atoms with Crippen LogP contribution in [0.2, 0.25) is 5.02 Å². The molecule has 22 heavy (non-hydrogen) atoms. The molecule has 1 heterocycles. The lowest BCUT2D eigenvalue weighted by Gasteiger charge is -2.24. The second kappa shape index (κ2) is 7.15. The molecule has 7 heteroatoms. The third-order valence-electron chi connectivity index (χ3n) is 3.30. The van der Waals surface area contributed by atoms with Crippen molar-refractivity contribution in [2.75, 3.05) is 5.75 Å². The van der Waals surface area contributed by atoms with E-state index in [1.165, 1.54) is 11.8 Å². The molecule has 0 saturated heterocycles. The minimum Gasteiger partial charge on any atom is -0.351 e. The molecule has 1 aromatic heterocycles. The van der Waals surface area contributed by atoms with Gasteiger partial charge in [-0.15, -0.1) is 10.2 Å². The molecule has 0 unspecified atom stereocenters. The number of halogens is 1. The smallest absolute Gasteiger partial charge is 0.230 e. The van der Waals surface area contributed by atoms with Gasteiger partial charge in [-0.05, 0) is 38.5 Å². The SMILES string of the molecule is CCC(C)(C)NC(=O)CSc1nncn1-c1cccc(Cl)c1. The monoisotopic (exact) mass is 338 g/mol. The lowest BCUT2D eigenvalue weighted by Crippen LogP contribution is -2.43. The van der Waals surface area contributed by atoms with Crippen molar-refractivity contribution in [2.45, 2.75) is 37.9 Å². The Bertz CT molecular complexity index is 656. The Morgan fingerprint density at radius 1 is 1.45 bits per heavy atom. The number of hydrogen-bond acceptors (Lipinski definition) is 4. The van der Waals surface area contributed by atoms with E-state index in [1.54, 1.807) is 6.33 Å². The molecule has 1 aromatic carbocycles. The van der Waals surface area contributed by atoms with Crippen molar-refractivity contribution < 1.29 is 4.79 Å². The van der Waals surface area contributed by atoms with Gasteiger partial charge in [-0.3, -0.25) is 9.36 Å². The molecule has 1 N–H and O–H groups in total. The largest absolute Gasteiger partial charge is 0.351 e. The van der Waals surface area contributed by atoms with Gasteiger partial charge in [0.2, 0.25) is 5.91 Å². The highest BCUT2D eigenvalue weighted by molar-refractivity contribution is 7.99. The van der Waals surface area contributed by atoms with Crippen molar-refractivity contribution >= 4 is 29.3 Å². The molecule has 0 saturated carbocycles. The minimum atomic E-state index is -0.196. The molecule has 0 aliphatic rings. The highest BCUT2D eigenvalue weighted by Crippen LogP contribution is 2.21. The topological polar surface area (TPSA) is 59.8 Å². The lowest BCUT2D eigenvalue weighted by atomic mass is 10.0. The van der Waals surface area contributed by atoms with Crippen molar-refractivity contribution in [3.05, 3.63) is 35.6 Å². The number of amides is 1. The predicted octanol–water partition coefficient (Wildman–Crippen LogP) is 3.32. The average Bonchev–Trinajstić information content (AvgIpc) is 2.93. The molecule has 2 rings (SSSR count). The normalized spacial score (nSPS) is 11.5. The number of nitrogens with zero attached hydrogens (tertiary/aromatic N) is 3. The quantitative estimate of drug-likeness (QED) is 0.821. The first-order valence-electron chi connectivity index (χ1n) is 7.01. The van der Waals surface area contributed by atoms with Crippen LogP contribution in [-0.2, 0) is 4.79 Å². The summed E-state index contributed by atoms with van der Waals surface area (Å²) in [6.07, 6.45) is 2.49. The Hall–Kier alpha value is -1.53. The third kappa shape index (κ3) is 4.48. The van der Waals surface area contributed by atoms with Crippen LogP contribution in [0.5, 0.6) is 0 Å². The van der Waals surface area contributed by atoms with E-state index in [1.807, 2.05) is 49.6 Å². The molecule has 0 atom stereocenters.